The van der Waals surface area contributed by atoms with E-state index in [1.54, 1.807) is 25.3 Å². The molecule has 1 fully saturated rings. The zero-order chi connectivity index (χ0) is 13.0. The third-order valence-electron chi connectivity index (χ3n) is 3.65. The zero-order valence-electron chi connectivity index (χ0n) is 10.7. The van der Waals surface area contributed by atoms with Crippen molar-refractivity contribution in [2.75, 3.05) is 7.11 Å². The van der Waals surface area contributed by atoms with Gasteiger partial charge in [0.15, 0.2) is 5.78 Å². The van der Waals surface area contributed by atoms with E-state index in [4.69, 9.17) is 16.3 Å². The van der Waals surface area contributed by atoms with Crippen LogP contribution in [-0.2, 0) is 0 Å². The number of halogens is 1. The van der Waals surface area contributed by atoms with Crippen LogP contribution in [0.3, 0.4) is 0 Å². The lowest BCUT2D eigenvalue weighted by Crippen LogP contribution is -2.15. The minimum atomic E-state index is 0.139. The molecule has 0 spiro atoms. The van der Waals surface area contributed by atoms with Crippen molar-refractivity contribution in [1.82, 2.24) is 0 Å². The standard InChI is InChI=1S/C15H19ClO2/c1-18-14-9-8-12(16)10-13(14)15(17)11-6-4-2-3-5-7-11/h8-11H,2-7H2,1H3. The Morgan fingerprint density at radius 1 is 1.22 bits per heavy atom. The van der Waals surface area contributed by atoms with E-state index < -0.39 is 0 Å². The summed E-state index contributed by atoms with van der Waals surface area (Å²) in [5.41, 5.74) is 0.636. The summed E-state index contributed by atoms with van der Waals surface area (Å²) in [5, 5.41) is 0.591. The summed E-state index contributed by atoms with van der Waals surface area (Å²) in [4.78, 5) is 12.5. The molecule has 0 bridgehead atoms. The monoisotopic (exact) mass is 266 g/mol. The Kier molecular flexibility index (Phi) is 4.65. The number of hydrogen-bond donors (Lipinski definition) is 0. The van der Waals surface area contributed by atoms with Gasteiger partial charge in [0, 0.05) is 10.9 Å². The summed E-state index contributed by atoms with van der Waals surface area (Å²) < 4.78 is 5.26. The topological polar surface area (TPSA) is 26.3 Å². The van der Waals surface area contributed by atoms with Gasteiger partial charge in [-0.3, -0.25) is 4.79 Å². The molecule has 3 heteroatoms. The Labute approximate surface area is 113 Å². The van der Waals surface area contributed by atoms with Gasteiger partial charge < -0.3 is 4.74 Å². The summed E-state index contributed by atoms with van der Waals surface area (Å²) in [7, 11) is 1.59. The number of ether oxygens (including phenoxy) is 1. The van der Waals surface area contributed by atoms with Crippen LogP contribution in [0.4, 0.5) is 0 Å². The normalized spacial score (nSPS) is 17.2. The number of methoxy groups -OCH3 is 1. The Bertz CT molecular complexity index is 421. The van der Waals surface area contributed by atoms with Gasteiger partial charge in [-0.2, -0.15) is 0 Å². The molecule has 0 radical (unpaired) electrons. The van der Waals surface area contributed by atoms with Gasteiger partial charge in [0.05, 0.1) is 12.7 Å². The average molecular weight is 267 g/mol. The van der Waals surface area contributed by atoms with Gasteiger partial charge in [-0.05, 0) is 31.0 Å². The maximum absolute atomic E-state index is 12.5. The highest BCUT2D eigenvalue weighted by Gasteiger charge is 2.24. The van der Waals surface area contributed by atoms with Crippen molar-refractivity contribution < 1.29 is 9.53 Å². The molecule has 1 aromatic rings. The van der Waals surface area contributed by atoms with Gasteiger partial charge in [-0.15, -0.1) is 0 Å². The second-order valence-corrected chi connectivity index (χ2v) is 5.33. The van der Waals surface area contributed by atoms with E-state index in [9.17, 15) is 4.79 Å². The molecule has 0 aliphatic heterocycles. The Morgan fingerprint density at radius 3 is 2.50 bits per heavy atom. The van der Waals surface area contributed by atoms with E-state index in [1.807, 2.05) is 0 Å². The average Bonchev–Trinajstić information content (AvgIpc) is 2.66. The van der Waals surface area contributed by atoms with Crippen LogP contribution >= 0.6 is 11.6 Å². The molecule has 1 aromatic carbocycles. The van der Waals surface area contributed by atoms with Crippen LogP contribution in [0.5, 0.6) is 5.75 Å². The lowest BCUT2D eigenvalue weighted by atomic mass is 9.90. The summed E-state index contributed by atoms with van der Waals surface area (Å²) in [5.74, 6) is 0.963. The highest BCUT2D eigenvalue weighted by atomic mass is 35.5. The van der Waals surface area contributed by atoms with Crippen LogP contribution in [0.2, 0.25) is 5.02 Å². The molecular weight excluding hydrogens is 248 g/mol. The Balaban J connectivity index is 2.23. The molecule has 0 amide bonds. The summed E-state index contributed by atoms with van der Waals surface area (Å²) in [6.45, 7) is 0. The number of Topliss-reactive ketones (excluding diaryl/α,β-unsaturated/α-hetero) is 1. The quantitative estimate of drug-likeness (QED) is 0.595. The lowest BCUT2D eigenvalue weighted by molar-refractivity contribution is 0.0905. The van der Waals surface area contributed by atoms with Crippen LogP contribution in [0.1, 0.15) is 48.9 Å². The van der Waals surface area contributed by atoms with Gasteiger partial charge in [-0.1, -0.05) is 37.3 Å². The first kappa shape index (κ1) is 13.4. The van der Waals surface area contributed by atoms with Crippen molar-refractivity contribution in [2.45, 2.75) is 38.5 Å². The Morgan fingerprint density at radius 2 is 1.89 bits per heavy atom. The molecule has 1 aliphatic carbocycles. The van der Waals surface area contributed by atoms with E-state index in [-0.39, 0.29) is 11.7 Å². The lowest BCUT2D eigenvalue weighted by Gasteiger charge is -2.15. The third-order valence-corrected chi connectivity index (χ3v) is 3.89. The smallest absolute Gasteiger partial charge is 0.169 e. The largest absolute Gasteiger partial charge is 0.496 e. The van der Waals surface area contributed by atoms with E-state index in [1.165, 1.54) is 12.8 Å². The fraction of sp³-hybridized carbons (Fsp3) is 0.533. The van der Waals surface area contributed by atoms with Gasteiger partial charge in [0.1, 0.15) is 5.75 Å². The van der Waals surface area contributed by atoms with Crippen molar-refractivity contribution >= 4 is 17.4 Å². The molecule has 2 nitrogen and oxygen atoms in total. The number of ketones is 1. The van der Waals surface area contributed by atoms with Crippen LogP contribution < -0.4 is 4.74 Å². The van der Waals surface area contributed by atoms with Crippen molar-refractivity contribution in [3.05, 3.63) is 28.8 Å². The molecule has 0 N–H and O–H groups in total. The molecule has 1 saturated carbocycles. The second kappa shape index (κ2) is 6.24. The molecule has 0 aromatic heterocycles. The number of hydrogen-bond acceptors (Lipinski definition) is 2. The number of carbonyl (C=O) groups excluding carboxylic acids is 1. The first-order valence-corrected chi connectivity index (χ1v) is 6.98. The van der Waals surface area contributed by atoms with E-state index >= 15 is 0 Å². The van der Waals surface area contributed by atoms with E-state index in [0.717, 1.165) is 25.7 Å². The third kappa shape index (κ3) is 3.05. The van der Waals surface area contributed by atoms with Crippen LogP contribution in [-0.4, -0.2) is 12.9 Å². The molecule has 0 heterocycles. The predicted octanol–water partition coefficient (Wildman–Crippen LogP) is 4.50. The Hall–Kier alpha value is -1.02. The first-order valence-electron chi connectivity index (χ1n) is 6.60. The van der Waals surface area contributed by atoms with Crippen LogP contribution in [0, 0.1) is 5.92 Å². The van der Waals surface area contributed by atoms with E-state index in [0.29, 0.717) is 16.3 Å². The predicted molar refractivity (Wildman–Crippen MR) is 73.5 cm³/mol. The number of benzene rings is 1. The molecule has 0 atom stereocenters. The molecule has 2 rings (SSSR count). The highest BCUT2D eigenvalue weighted by Crippen LogP contribution is 2.30. The van der Waals surface area contributed by atoms with Crippen molar-refractivity contribution in [3.8, 4) is 5.75 Å². The molecule has 0 saturated heterocycles. The van der Waals surface area contributed by atoms with Crippen LogP contribution in [0.15, 0.2) is 18.2 Å². The maximum atomic E-state index is 12.5. The summed E-state index contributed by atoms with van der Waals surface area (Å²) in [6, 6.07) is 5.25. The number of carbonyl (C=O) groups is 1. The molecule has 1 aliphatic rings. The van der Waals surface area contributed by atoms with Crippen molar-refractivity contribution in [3.63, 3.8) is 0 Å². The highest BCUT2D eigenvalue weighted by molar-refractivity contribution is 6.31. The minimum absolute atomic E-state index is 0.139. The maximum Gasteiger partial charge on any atom is 0.169 e. The molecular formula is C15H19ClO2. The summed E-state index contributed by atoms with van der Waals surface area (Å²) >= 11 is 5.98. The second-order valence-electron chi connectivity index (χ2n) is 4.90. The van der Waals surface area contributed by atoms with Crippen molar-refractivity contribution in [1.29, 1.82) is 0 Å². The van der Waals surface area contributed by atoms with Gasteiger partial charge in [0.2, 0.25) is 0 Å². The molecule has 98 valence electrons. The minimum Gasteiger partial charge on any atom is -0.496 e. The SMILES string of the molecule is COc1ccc(Cl)cc1C(=O)C1CCCCCC1. The molecule has 0 unspecified atom stereocenters. The number of rotatable bonds is 3. The zero-order valence-corrected chi connectivity index (χ0v) is 11.5. The fourth-order valence-electron chi connectivity index (χ4n) is 2.63. The van der Waals surface area contributed by atoms with Gasteiger partial charge in [-0.25, -0.2) is 0 Å². The van der Waals surface area contributed by atoms with Crippen molar-refractivity contribution in [2.24, 2.45) is 5.92 Å². The van der Waals surface area contributed by atoms with Gasteiger partial charge in [0.25, 0.3) is 0 Å². The van der Waals surface area contributed by atoms with E-state index in [2.05, 4.69) is 0 Å². The summed E-state index contributed by atoms with van der Waals surface area (Å²) in [6.07, 6.45) is 6.79. The molecule has 18 heavy (non-hydrogen) atoms. The first-order chi connectivity index (χ1) is 8.72. The van der Waals surface area contributed by atoms with Crippen LogP contribution in [0.25, 0.3) is 0 Å². The fourth-order valence-corrected chi connectivity index (χ4v) is 2.81. The van der Waals surface area contributed by atoms with Gasteiger partial charge >= 0.3 is 0 Å².